The van der Waals surface area contributed by atoms with E-state index < -0.39 is 0 Å². The molecule has 14 heavy (non-hydrogen) atoms. The van der Waals surface area contributed by atoms with Crippen LogP contribution in [0.1, 0.15) is 12.5 Å². The maximum Gasteiger partial charge on any atom is 0.177 e. The summed E-state index contributed by atoms with van der Waals surface area (Å²) in [7, 11) is 0. The van der Waals surface area contributed by atoms with Crippen LogP contribution < -0.4 is 0 Å². The summed E-state index contributed by atoms with van der Waals surface area (Å²) in [6, 6.07) is 7.36. The van der Waals surface area contributed by atoms with Gasteiger partial charge in [-0.3, -0.25) is 0 Å². The van der Waals surface area contributed by atoms with E-state index in [-0.39, 0.29) is 6.61 Å². The fourth-order valence-corrected chi connectivity index (χ4v) is 1.04. The molecule has 0 radical (unpaired) electrons. The Labute approximate surface area is 88.5 Å². The van der Waals surface area contributed by atoms with Crippen molar-refractivity contribution in [2.24, 2.45) is 5.16 Å². The minimum atomic E-state index is 0.185. The highest BCUT2D eigenvalue weighted by molar-refractivity contribution is 6.30. The van der Waals surface area contributed by atoms with Crippen LogP contribution in [0.4, 0.5) is 0 Å². The number of nitrogens with zero attached hydrogens (tertiary/aromatic N) is 1. The number of oxime groups is 1. The molecule has 0 aliphatic rings. The lowest BCUT2D eigenvalue weighted by molar-refractivity contribution is 0.180. The van der Waals surface area contributed by atoms with Crippen molar-refractivity contribution in [3.63, 3.8) is 0 Å². The molecule has 1 rings (SSSR count). The Kier molecular flexibility index (Phi) is 4.03. The molecule has 1 aromatic carbocycles. The van der Waals surface area contributed by atoms with Crippen LogP contribution in [0, 0.1) is 12.3 Å². The van der Waals surface area contributed by atoms with Crippen LogP contribution in [0.25, 0.3) is 0 Å². The lowest BCUT2D eigenvalue weighted by atomic mass is 10.1. The average Bonchev–Trinajstić information content (AvgIpc) is 2.19. The Morgan fingerprint density at radius 3 is 2.71 bits per heavy atom. The van der Waals surface area contributed by atoms with Crippen LogP contribution in [-0.4, -0.2) is 12.3 Å². The lowest BCUT2D eigenvalue weighted by Gasteiger charge is -1.99. The van der Waals surface area contributed by atoms with Gasteiger partial charge in [0.05, 0.1) is 5.71 Å². The molecule has 0 saturated heterocycles. The third kappa shape index (κ3) is 3.12. The molecule has 0 aliphatic heterocycles. The Balaban J connectivity index is 2.70. The van der Waals surface area contributed by atoms with Crippen molar-refractivity contribution in [2.45, 2.75) is 6.92 Å². The van der Waals surface area contributed by atoms with E-state index in [1.165, 1.54) is 0 Å². The topological polar surface area (TPSA) is 21.6 Å². The summed E-state index contributed by atoms with van der Waals surface area (Å²) in [6.07, 6.45) is 5.01. The molecule has 0 unspecified atom stereocenters. The van der Waals surface area contributed by atoms with Gasteiger partial charge in [0.1, 0.15) is 0 Å². The Morgan fingerprint density at radius 1 is 1.50 bits per heavy atom. The van der Waals surface area contributed by atoms with E-state index >= 15 is 0 Å². The fourth-order valence-electron chi connectivity index (χ4n) is 0.910. The first-order chi connectivity index (χ1) is 6.74. The molecule has 2 nitrogen and oxygen atoms in total. The highest BCUT2D eigenvalue weighted by Crippen LogP contribution is 2.10. The zero-order valence-electron chi connectivity index (χ0n) is 7.83. The molecule has 0 N–H and O–H groups in total. The Hall–Kier alpha value is -1.46. The van der Waals surface area contributed by atoms with E-state index in [0.717, 1.165) is 11.3 Å². The van der Waals surface area contributed by atoms with Crippen molar-refractivity contribution in [1.29, 1.82) is 0 Å². The zero-order valence-corrected chi connectivity index (χ0v) is 8.58. The quantitative estimate of drug-likeness (QED) is 0.323. The highest BCUT2D eigenvalue weighted by Gasteiger charge is 1.96. The first-order valence-electron chi connectivity index (χ1n) is 4.10. The molecule has 1 aromatic rings. The Bertz CT molecular complexity index is 362. The summed E-state index contributed by atoms with van der Waals surface area (Å²) in [5, 5.41) is 4.54. The normalized spacial score (nSPS) is 10.8. The van der Waals surface area contributed by atoms with E-state index in [1.807, 2.05) is 19.1 Å². The second kappa shape index (κ2) is 5.31. The van der Waals surface area contributed by atoms with Crippen LogP contribution in [0.2, 0.25) is 5.02 Å². The number of hydrogen-bond donors (Lipinski definition) is 0. The third-order valence-electron chi connectivity index (χ3n) is 1.61. The predicted octanol–water partition coefficient (Wildman–Crippen LogP) is 2.71. The second-order valence-corrected chi connectivity index (χ2v) is 3.10. The first-order valence-corrected chi connectivity index (χ1v) is 4.48. The second-order valence-electron chi connectivity index (χ2n) is 2.66. The summed E-state index contributed by atoms with van der Waals surface area (Å²) < 4.78 is 0. The molecule has 72 valence electrons. The monoisotopic (exact) mass is 207 g/mol. The summed E-state index contributed by atoms with van der Waals surface area (Å²) in [4.78, 5) is 4.85. The Morgan fingerprint density at radius 2 is 2.14 bits per heavy atom. The minimum absolute atomic E-state index is 0.185. The van der Waals surface area contributed by atoms with Gasteiger partial charge < -0.3 is 4.84 Å². The van der Waals surface area contributed by atoms with Gasteiger partial charge in [0.15, 0.2) is 6.61 Å². The van der Waals surface area contributed by atoms with E-state index in [1.54, 1.807) is 12.1 Å². The zero-order chi connectivity index (χ0) is 10.4. The molecule has 0 heterocycles. The number of hydrogen-bond acceptors (Lipinski definition) is 2. The van der Waals surface area contributed by atoms with Crippen LogP contribution in [0.3, 0.4) is 0 Å². The number of rotatable bonds is 3. The van der Waals surface area contributed by atoms with Crippen LogP contribution in [0.15, 0.2) is 29.4 Å². The molecule has 0 amide bonds. The molecule has 0 aliphatic carbocycles. The SMILES string of the molecule is C#CCON=C(C)c1ccc(Cl)cc1. The maximum atomic E-state index is 5.75. The summed E-state index contributed by atoms with van der Waals surface area (Å²) in [5.41, 5.74) is 1.74. The largest absolute Gasteiger partial charge is 0.382 e. The van der Waals surface area contributed by atoms with Crippen LogP contribution in [0.5, 0.6) is 0 Å². The van der Waals surface area contributed by atoms with Gasteiger partial charge in [0, 0.05) is 5.02 Å². The van der Waals surface area contributed by atoms with Crippen molar-refractivity contribution in [3.05, 3.63) is 34.9 Å². The first kappa shape index (κ1) is 10.6. The molecule has 3 heteroatoms. The van der Waals surface area contributed by atoms with Gasteiger partial charge in [-0.15, -0.1) is 6.42 Å². The third-order valence-corrected chi connectivity index (χ3v) is 1.86. The van der Waals surface area contributed by atoms with Crippen molar-refractivity contribution >= 4 is 17.3 Å². The number of halogens is 1. The molecule has 0 atom stereocenters. The molecule has 0 bridgehead atoms. The maximum absolute atomic E-state index is 5.75. The van der Waals surface area contributed by atoms with Gasteiger partial charge in [-0.05, 0) is 24.6 Å². The van der Waals surface area contributed by atoms with E-state index in [0.29, 0.717) is 5.02 Å². The smallest absolute Gasteiger partial charge is 0.177 e. The summed E-state index contributed by atoms with van der Waals surface area (Å²) in [5.74, 6) is 2.33. The van der Waals surface area contributed by atoms with Gasteiger partial charge in [-0.25, -0.2) is 0 Å². The van der Waals surface area contributed by atoms with E-state index in [4.69, 9.17) is 22.9 Å². The molecule has 0 saturated carbocycles. The van der Waals surface area contributed by atoms with E-state index in [9.17, 15) is 0 Å². The fraction of sp³-hybridized carbons (Fsp3) is 0.182. The summed E-state index contributed by atoms with van der Waals surface area (Å²) >= 11 is 5.75. The van der Waals surface area contributed by atoms with Crippen molar-refractivity contribution in [3.8, 4) is 12.3 Å². The average molecular weight is 208 g/mol. The van der Waals surface area contributed by atoms with Crippen molar-refractivity contribution < 1.29 is 4.84 Å². The standard InChI is InChI=1S/C11H10ClNO/c1-3-8-14-13-9(2)10-4-6-11(12)7-5-10/h1,4-7H,8H2,2H3. The summed E-state index contributed by atoms with van der Waals surface area (Å²) in [6.45, 7) is 2.03. The van der Waals surface area contributed by atoms with Gasteiger partial charge in [-0.2, -0.15) is 0 Å². The highest BCUT2D eigenvalue weighted by atomic mass is 35.5. The van der Waals surface area contributed by atoms with Gasteiger partial charge in [0.2, 0.25) is 0 Å². The van der Waals surface area contributed by atoms with Gasteiger partial charge in [-0.1, -0.05) is 34.8 Å². The lowest BCUT2D eigenvalue weighted by Crippen LogP contribution is -1.96. The molecular formula is C11H10ClNO. The predicted molar refractivity (Wildman–Crippen MR) is 58.4 cm³/mol. The van der Waals surface area contributed by atoms with Crippen molar-refractivity contribution in [2.75, 3.05) is 6.61 Å². The van der Waals surface area contributed by atoms with Crippen LogP contribution >= 0.6 is 11.6 Å². The molecular weight excluding hydrogens is 198 g/mol. The van der Waals surface area contributed by atoms with Gasteiger partial charge in [0.25, 0.3) is 0 Å². The number of terminal acetylenes is 1. The minimum Gasteiger partial charge on any atom is -0.382 e. The number of benzene rings is 1. The van der Waals surface area contributed by atoms with Crippen LogP contribution in [-0.2, 0) is 4.84 Å². The molecule has 0 aromatic heterocycles. The van der Waals surface area contributed by atoms with Crippen molar-refractivity contribution in [1.82, 2.24) is 0 Å². The molecule has 0 spiro atoms. The van der Waals surface area contributed by atoms with Gasteiger partial charge >= 0.3 is 0 Å². The van der Waals surface area contributed by atoms with E-state index in [2.05, 4.69) is 11.1 Å². The molecule has 0 fully saturated rings.